The number of hydrogen-bond acceptors (Lipinski definition) is 5. The lowest BCUT2D eigenvalue weighted by atomic mass is 9.90. The Labute approximate surface area is 155 Å². The molecule has 2 rings (SSSR count). The van der Waals surface area contributed by atoms with Crippen LogP contribution in [0, 0.1) is 5.92 Å². The summed E-state index contributed by atoms with van der Waals surface area (Å²) in [6.07, 6.45) is 4.14. The summed E-state index contributed by atoms with van der Waals surface area (Å²) in [5, 5.41) is 4.31. The molecule has 1 aliphatic carbocycles. The van der Waals surface area contributed by atoms with Crippen LogP contribution in [0.2, 0.25) is 0 Å². The van der Waals surface area contributed by atoms with E-state index in [4.69, 9.17) is 14.2 Å². The minimum Gasteiger partial charge on any atom is -0.490 e. The zero-order chi connectivity index (χ0) is 18.9. The average Bonchev–Trinajstić information content (AvgIpc) is 2.63. The zero-order valence-electron chi connectivity index (χ0n) is 16.3. The van der Waals surface area contributed by atoms with E-state index in [9.17, 15) is 4.79 Å². The van der Waals surface area contributed by atoms with Crippen LogP contribution in [0.3, 0.4) is 0 Å². The Morgan fingerprint density at radius 2 is 1.58 bits per heavy atom. The van der Waals surface area contributed by atoms with Gasteiger partial charge in [0.1, 0.15) is 0 Å². The molecule has 0 atom stereocenters. The molecule has 1 N–H and O–H groups in total. The lowest BCUT2D eigenvalue weighted by Crippen LogP contribution is -2.22. The number of amides is 1. The summed E-state index contributed by atoms with van der Waals surface area (Å²) in [6, 6.07) is 3.35. The molecular weight excluding hydrogens is 332 g/mol. The molecule has 1 fully saturated rings. The normalized spacial score (nSPS) is 16.8. The number of carbonyl (C=O) groups is 1. The SMILES string of the molecule is CCOc1cc(C(=O)NN=C2CCC(C)CC2)cc(OCC)c1OCC. The summed E-state index contributed by atoms with van der Waals surface area (Å²) in [4.78, 5) is 12.6. The van der Waals surface area contributed by atoms with E-state index in [1.54, 1.807) is 12.1 Å². The first-order chi connectivity index (χ1) is 12.6. The third-order valence-electron chi connectivity index (χ3n) is 4.34. The molecule has 0 aliphatic heterocycles. The van der Waals surface area contributed by atoms with Gasteiger partial charge in [-0.3, -0.25) is 4.79 Å². The predicted molar refractivity (Wildman–Crippen MR) is 102 cm³/mol. The third kappa shape index (κ3) is 5.38. The summed E-state index contributed by atoms with van der Waals surface area (Å²) in [5.41, 5.74) is 4.16. The van der Waals surface area contributed by atoms with Gasteiger partial charge in [0.15, 0.2) is 11.5 Å². The largest absolute Gasteiger partial charge is 0.490 e. The lowest BCUT2D eigenvalue weighted by molar-refractivity contribution is 0.0953. The van der Waals surface area contributed by atoms with Crippen LogP contribution in [0.4, 0.5) is 0 Å². The molecule has 0 saturated heterocycles. The Bertz CT molecular complexity index is 606. The van der Waals surface area contributed by atoms with E-state index in [0.29, 0.717) is 42.6 Å². The number of benzene rings is 1. The highest BCUT2D eigenvalue weighted by Gasteiger charge is 2.19. The fraction of sp³-hybridized carbons (Fsp3) is 0.600. The highest BCUT2D eigenvalue weighted by atomic mass is 16.5. The Morgan fingerprint density at radius 3 is 2.08 bits per heavy atom. The van der Waals surface area contributed by atoms with Crippen LogP contribution in [0.5, 0.6) is 17.2 Å². The molecule has 144 valence electrons. The van der Waals surface area contributed by atoms with E-state index >= 15 is 0 Å². The smallest absolute Gasteiger partial charge is 0.271 e. The van der Waals surface area contributed by atoms with Gasteiger partial charge in [0.2, 0.25) is 5.75 Å². The molecule has 1 amide bonds. The van der Waals surface area contributed by atoms with Crippen molar-refractivity contribution in [2.24, 2.45) is 11.0 Å². The van der Waals surface area contributed by atoms with E-state index in [1.165, 1.54) is 0 Å². The first-order valence-corrected chi connectivity index (χ1v) is 9.51. The van der Waals surface area contributed by atoms with Crippen molar-refractivity contribution in [3.63, 3.8) is 0 Å². The summed E-state index contributed by atoms with van der Waals surface area (Å²) in [5.74, 6) is 1.99. The van der Waals surface area contributed by atoms with E-state index in [-0.39, 0.29) is 5.91 Å². The standard InChI is InChI=1S/C20H30N2O4/c1-5-24-17-12-15(13-18(25-6-2)19(17)26-7-3)20(23)22-21-16-10-8-14(4)9-11-16/h12-14H,5-11H2,1-4H3,(H,22,23). The molecule has 1 saturated carbocycles. The molecule has 6 heteroatoms. The minimum absolute atomic E-state index is 0.277. The lowest BCUT2D eigenvalue weighted by Gasteiger charge is -2.19. The van der Waals surface area contributed by atoms with Gasteiger partial charge in [-0.2, -0.15) is 5.10 Å². The molecule has 0 radical (unpaired) electrons. The van der Waals surface area contributed by atoms with Crippen molar-refractivity contribution in [3.8, 4) is 17.2 Å². The molecule has 0 unspecified atom stereocenters. The van der Waals surface area contributed by atoms with Crippen molar-refractivity contribution >= 4 is 11.6 Å². The number of carbonyl (C=O) groups excluding carboxylic acids is 1. The molecule has 1 aliphatic rings. The number of ether oxygens (including phenoxy) is 3. The molecule has 6 nitrogen and oxygen atoms in total. The van der Waals surface area contributed by atoms with Crippen LogP contribution in [0.15, 0.2) is 17.2 Å². The van der Waals surface area contributed by atoms with E-state index in [0.717, 1.165) is 37.3 Å². The molecule has 0 spiro atoms. The monoisotopic (exact) mass is 362 g/mol. The van der Waals surface area contributed by atoms with Crippen molar-refractivity contribution in [1.29, 1.82) is 0 Å². The first kappa shape index (κ1) is 20.1. The van der Waals surface area contributed by atoms with E-state index < -0.39 is 0 Å². The average molecular weight is 362 g/mol. The van der Waals surface area contributed by atoms with Crippen molar-refractivity contribution < 1.29 is 19.0 Å². The van der Waals surface area contributed by atoms with Gasteiger partial charge in [0.05, 0.1) is 19.8 Å². The van der Waals surface area contributed by atoms with Crippen LogP contribution in [-0.2, 0) is 0 Å². The highest BCUT2D eigenvalue weighted by molar-refractivity contribution is 5.96. The summed E-state index contributed by atoms with van der Waals surface area (Å²) in [6.45, 7) is 9.34. The highest BCUT2D eigenvalue weighted by Crippen LogP contribution is 2.39. The summed E-state index contributed by atoms with van der Waals surface area (Å²) < 4.78 is 17.0. The molecule has 0 bridgehead atoms. The van der Waals surface area contributed by atoms with E-state index in [1.807, 2.05) is 20.8 Å². The quantitative estimate of drug-likeness (QED) is 0.705. The maximum atomic E-state index is 12.6. The molecule has 1 aromatic rings. The van der Waals surface area contributed by atoms with Gasteiger partial charge in [-0.15, -0.1) is 0 Å². The maximum absolute atomic E-state index is 12.6. The number of nitrogens with one attached hydrogen (secondary N) is 1. The summed E-state index contributed by atoms with van der Waals surface area (Å²) in [7, 11) is 0. The first-order valence-electron chi connectivity index (χ1n) is 9.51. The topological polar surface area (TPSA) is 69.2 Å². The van der Waals surface area contributed by atoms with Crippen LogP contribution in [-0.4, -0.2) is 31.4 Å². The van der Waals surface area contributed by atoms with Gasteiger partial charge < -0.3 is 14.2 Å². The van der Waals surface area contributed by atoms with Crippen LogP contribution < -0.4 is 19.6 Å². The Kier molecular flexibility index (Phi) is 7.75. The van der Waals surface area contributed by atoms with Gasteiger partial charge in [0, 0.05) is 11.3 Å². The predicted octanol–water partition coefficient (Wildman–Crippen LogP) is 4.18. The Hall–Kier alpha value is -2.24. The van der Waals surface area contributed by atoms with Crippen LogP contribution >= 0.6 is 0 Å². The van der Waals surface area contributed by atoms with Gasteiger partial charge in [-0.05, 0) is 64.5 Å². The molecular formula is C20H30N2O4. The molecule has 0 aromatic heterocycles. The number of hydrogen-bond donors (Lipinski definition) is 1. The van der Waals surface area contributed by atoms with Crippen molar-refractivity contribution in [2.45, 2.75) is 53.4 Å². The fourth-order valence-corrected chi connectivity index (χ4v) is 2.92. The van der Waals surface area contributed by atoms with Crippen molar-refractivity contribution in [1.82, 2.24) is 5.43 Å². The third-order valence-corrected chi connectivity index (χ3v) is 4.34. The minimum atomic E-state index is -0.277. The van der Waals surface area contributed by atoms with Crippen molar-refractivity contribution in [2.75, 3.05) is 19.8 Å². The van der Waals surface area contributed by atoms with Crippen LogP contribution in [0.1, 0.15) is 63.7 Å². The molecule has 26 heavy (non-hydrogen) atoms. The van der Waals surface area contributed by atoms with E-state index in [2.05, 4.69) is 17.5 Å². The second kappa shape index (κ2) is 10.0. The van der Waals surface area contributed by atoms with Gasteiger partial charge in [-0.1, -0.05) is 6.92 Å². The fourth-order valence-electron chi connectivity index (χ4n) is 2.92. The van der Waals surface area contributed by atoms with Crippen molar-refractivity contribution in [3.05, 3.63) is 17.7 Å². The summed E-state index contributed by atoms with van der Waals surface area (Å²) >= 11 is 0. The maximum Gasteiger partial charge on any atom is 0.271 e. The van der Waals surface area contributed by atoms with Gasteiger partial charge in [0.25, 0.3) is 5.91 Å². The number of nitrogens with zero attached hydrogens (tertiary/aromatic N) is 1. The molecule has 0 heterocycles. The zero-order valence-corrected chi connectivity index (χ0v) is 16.3. The molecule has 1 aromatic carbocycles. The number of rotatable bonds is 8. The second-order valence-corrected chi connectivity index (χ2v) is 6.40. The van der Waals surface area contributed by atoms with Crippen LogP contribution in [0.25, 0.3) is 0 Å². The van der Waals surface area contributed by atoms with Gasteiger partial charge >= 0.3 is 0 Å². The van der Waals surface area contributed by atoms with Gasteiger partial charge in [-0.25, -0.2) is 5.43 Å². The Morgan fingerprint density at radius 1 is 1.04 bits per heavy atom. The Balaban J connectivity index is 2.21. The second-order valence-electron chi connectivity index (χ2n) is 6.40. The number of hydrazone groups is 1.